The van der Waals surface area contributed by atoms with Crippen LogP contribution in [-0.4, -0.2) is 51.0 Å². The number of fused-ring (bicyclic) bond motifs is 1. The van der Waals surface area contributed by atoms with Crippen LogP contribution in [0.25, 0.3) is 5.52 Å². The fourth-order valence-electron chi connectivity index (χ4n) is 3.81. The van der Waals surface area contributed by atoms with Crippen LogP contribution in [0.2, 0.25) is 0 Å². The molecule has 0 atom stereocenters. The molecule has 1 saturated carbocycles. The van der Waals surface area contributed by atoms with Gasteiger partial charge in [0.05, 0.1) is 34.7 Å². The van der Waals surface area contributed by atoms with Gasteiger partial charge >= 0.3 is 12.1 Å². The van der Waals surface area contributed by atoms with Gasteiger partial charge in [-0.3, -0.25) is 0 Å². The highest BCUT2D eigenvalue weighted by atomic mass is 79.9. The number of nitrogens with zero attached hydrogens (tertiary/aromatic N) is 3. The predicted molar refractivity (Wildman–Crippen MR) is 137 cm³/mol. The first-order valence-electron chi connectivity index (χ1n) is 11.9. The summed E-state index contributed by atoms with van der Waals surface area (Å²) < 4.78 is 32.7. The fourth-order valence-corrected chi connectivity index (χ4v) is 4.25. The van der Waals surface area contributed by atoms with Crippen LogP contribution in [-0.2, 0) is 16.0 Å². The lowest BCUT2D eigenvalue weighted by Gasteiger charge is -2.36. The Hall–Kier alpha value is -3.41. The molecule has 1 aliphatic carbocycles. The van der Waals surface area contributed by atoms with Crippen LogP contribution in [0.3, 0.4) is 0 Å². The van der Waals surface area contributed by atoms with Crippen LogP contribution in [0.4, 0.5) is 14.9 Å². The SMILES string of the molecule is CCOC(=O)c1cnn2cc(Br)c(NCc3cc(F)cnc3OC3CC(NC(=O)OC(C)(C)C)C3)cc12. The van der Waals surface area contributed by atoms with Crippen LogP contribution in [0.15, 0.2) is 35.2 Å². The summed E-state index contributed by atoms with van der Waals surface area (Å²) in [5.41, 5.74) is 1.53. The molecular formula is C25H29BrFN5O5. The molecule has 0 spiro atoms. The molecule has 198 valence electrons. The Kier molecular flexibility index (Phi) is 7.86. The smallest absolute Gasteiger partial charge is 0.407 e. The van der Waals surface area contributed by atoms with Crippen molar-refractivity contribution in [3.63, 3.8) is 0 Å². The number of anilines is 1. The zero-order valence-electron chi connectivity index (χ0n) is 21.0. The minimum Gasteiger partial charge on any atom is -0.474 e. The van der Waals surface area contributed by atoms with E-state index < -0.39 is 23.5 Å². The maximum atomic E-state index is 14.0. The zero-order chi connectivity index (χ0) is 26.7. The summed E-state index contributed by atoms with van der Waals surface area (Å²) in [4.78, 5) is 28.3. The number of hydrogen-bond acceptors (Lipinski definition) is 8. The van der Waals surface area contributed by atoms with E-state index in [4.69, 9.17) is 14.2 Å². The molecule has 0 aliphatic heterocycles. The Balaban J connectivity index is 1.41. The van der Waals surface area contributed by atoms with Crippen molar-refractivity contribution in [3.8, 4) is 5.88 Å². The molecule has 1 fully saturated rings. The second kappa shape index (κ2) is 10.9. The van der Waals surface area contributed by atoms with E-state index in [1.165, 1.54) is 12.3 Å². The van der Waals surface area contributed by atoms with Crippen LogP contribution >= 0.6 is 15.9 Å². The van der Waals surface area contributed by atoms with Gasteiger partial charge in [0.1, 0.15) is 23.1 Å². The number of aromatic nitrogens is 3. The number of nitrogens with one attached hydrogen (secondary N) is 2. The molecule has 0 radical (unpaired) electrons. The third-order valence-corrected chi connectivity index (χ3v) is 6.19. The van der Waals surface area contributed by atoms with Crippen molar-refractivity contribution in [2.45, 2.75) is 64.8 Å². The average Bonchev–Trinajstić information content (AvgIpc) is 3.18. The minimum atomic E-state index is -0.568. The third kappa shape index (κ3) is 6.68. The molecule has 3 aromatic heterocycles. The number of rotatable bonds is 8. The molecule has 1 aliphatic rings. The first-order chi connectivity index (χ1) is 17.5. The summed E-state index contributed by atoms with van der Waals surface area (Å²) in [7, 11) is 0. The van der Waals surface area contributed by atoms with Crippen molar-refractivity contribution in [2.24, 2.45) is 0 Å². The molecule has 4 rings (SSSR count). The third-order valence-electron chi connectivity index (χ3n) is 5.56. The van der Waals surface area contributed by atoms with Crippen molar-refractivity contribution >= 4 is 39.2 Å². The van der Waals surface area contributed by atoms with E-state index in [0.717, 1.165) is 6.20 Å². The van der Waals surface area contributed by atoms with E-state index in [9.17, 15) is 14.0 Å². The molecule has 37 heavy (non-hydrogen) atoms. The van der Waals surface area contributed by atoms with E-state index in [1.54, 1.807) is 44.5 Å². The minimum absolute atomic E-state index is 0.0613. The van der Waals surface area contributed by atoms with Crippen LogP contribution in [0, 0.1) is 5.82 Å². The molecule has 0 unspecified atom stereocenters. The number of halogens is 2. The summed E-state index contributed by atoms with van der Waals surface area (Å²) in [6.07, 6.45) is 4.82. The predicted octanol–water partition coefficient (Wildman–Crippen LogP) is 4.85. The van der Waals surface area contributed by atoms with Gasteiger partial charge in [-0.15, -0.1) is 0 Å². The summed E-state index contributed by atoms with van der Waals surface area (Å²) in [6.45, 7) is 7.62. The Morgan fingerprint density at radius 3 is 2.70 bits per heavy atom. The summed E-state index contributed by atoms with van der Waals surface area (Å²) in [5, 5.41) is 10.3. The molecule has 12 heteroatoms. The van der Waals surface area contributed by atoms with Crippen LogP contribution in [0.5, 0.6) is 5.88 Å². The van der Waals surface area contributed by atoms with Crippen molar-refractivity contribution in [2.75, 3.05) is 11.9 Å². The number of ether oxygens (including phenoxy) is 3. The zero-order valence-corrected chi connectivity index (χ0v) is 22.6. The molecule has 3 aromatic rings. The molecule has 0 saturated heterocycles. The quantitative estimate of drug-likeness (QED) is 0.365. The van der Waals surface area contributed by atoms with E-state index in [2.05, 4.69) is 36.6 Å². The maximum Gasteiger partial charge on any atom is 0.407 e. The normalized spacial score (nSPS) is 17.1. The highest BCUT2D eigenvalue weighted by Gasteiger charge is 2.34. The van der Waals surface area contributed by atoms with E-state index >= 15 is 0 Å². The monoisotopic (exact) mass is 577 g/mol. The topological polar surface area (TPSA) is 116 Å². The van der Waals surface area contributed by atoms with Gasteiger partial charge in [-0.1, -0.05) is 0 Å². The molecule has 1 amide bonds. The number of carbonyl (C=O) groups is 2. The van der Waals surface area contributed by atoms with Gasteiger partial charge in [0.15, 0.2) is 0 Å². The van der Waals surface area contributed by atoms with E-state index in [-0.39, 0.29) is 25.3 Å². The van der Waals surface area contributed by atoms with Crippen LogP contribution in [0.1, 0.15) is 56.5 Å². The lowest BCUT2D eigenvalue weighted by molar-refractivity contribution is 0.0351. The Morgan fingerprint density at radius 2 is 2.00 bits per heavy atom. The largest absolute Gasteiger partial charge is 0.474 e. The van der Waals surface area contributed by atoms with Gasteiger partial charge < -0.3 is 24.8 Å². The highest BCUT2D eigenvalue weighted by Crippen LogP contribution is 2.30. The highest BCUT2D eigenvalue weighted by molar-refractivity contribution is 9.10. The number of esters is 1. The van der Waals surface area contributed by atoms with Crippen molar-refractivity contribution in [1.29, 1.82) is 0 Å². The Morgan fingerprint density at radius 1 is 1.24 bits per heavy atom. The number of alkyl carbamates (subject to hydrolysis) is 1. The second-order valence-corrected chi connectivity index (χ2v) is 10.5. The molecule has 3 heterocycles. The molecule has 0 bridgehead atoms. The van der Waals surface area contributed by atoms with Gasteiger partial charge in [0.2, 0.25) is 5.88 Å². The first kappa shape index (κ1) is 26.6. The van der Waals surface area contributed by atoms with Crippen LogP contribution < -0.4 is 15.4 Å². The lowest BCUT2D eigenvalue weighted by Crippen LogP contribution is -2.50. The summed E-state index contributed by atoms with van der Waals surface area (Å²) in [5.74, 6) is -0.642. The molecule has 10 nitrogen and oxygen atoms in total. The van der Waals surface area contributed by atoms with Gasteiger partial charge in [0.25, 0.3) is 0 Å². The molecule has 0 aromatic carbocycles. The van der Waals surface area contributed by atoms with Gasteiger partial charge in [0, 0.05) is 37.2 Å². The summed E-state index contributed by atoms with van der Waals surface area (Å²) >= 11 is 3.50. The van der Waals surface area contributed by atoms with Gasteiger partial charge in [-0.05, 0) is 55.8 Å². The first-order valence-corrected chi connectivity index (χ1v) is 12.7. The molecule has 2 N–H and O–H groups in total. The van der Waals surface area contributed by atoms with E-state index in [0.29, 0.717) is 45.5 Å². The summed E-state index contributed by atoms with van der Waals surface area (Å²) in [6, 6.07) is 3.06. The number of pyridine rings is 2. The van der Waals surface area contributed by atoms with Crippen molar-refractivity contribution in [3.05, 3.63) is 52.1 Å². The van der Waals surface area contributed by atoms with Crippen molar-refractivity contribution < 1.29 is 28.2 Å². The van der Waals surface area contributed by atoms with Gasteiger partial charge in [-0.2, -0.15) is 5.10 Å². The number of carbonyl (C=O) groups excluding carboxylic acids is 2. The Labute approximate surface area is 222 Å². The Bertz CT molecular complexity index is 1300. The maximum absolute atomic E-state index is 14.0. The second-order valence-electron chi connectivity index (χ2n) is 9.67. The number of hydrogen-bond donors (Lipinski definition) is 2. The van der Waals surface area contributed by atoms with E-state index in [1.807, 2.05) is 0 Å². The van der Waals surface area contributed by atoms with Gasteiger partial charge in [-0.25, -0.2) is 23.5 Å². The molecular weight excluding hydrogens is 549 g/mol. The number of amides is 1. The average molecular weight is 578 g/mol. The lowest BCUT2D eigenvalue weighted by atomic mass is 9.89. The van der Waals surface area contributed by atoms with Crippen molar-refractivity contribution in [1.82, 2.24) is 19.9 Å². The fraction of sp³-hybridized carbons (Fsp3) is 0.440. The standard InChI is InChI=1S/C25H29BrFN5O5/c1-5-35-23(33)18-12-30-32-13-19(26)20(9-21(18)32)28-10-14-6-15(27)11-29-22(14)36-17-7-16(8-17)31-24(34)37-25(2,3)4/h6,9,11-13,16-17,28H,5,7-8,10H2,1-4H3,(H,31,34).